The molecule has 1 aromatic carbocycles. The molecule has 5 nitrogen and oxygen atoms in total. The summed E-state index contributed by atoms with van der Waals surface area (Å²) in [4.78, 5) is 15.8. The van der Waals surface area contributed by atoms with Crippen molar-refractivity contribution in [3.8, 4) is 11.4 Å². The second-order valence-electron chi connectivity index (χ2n) is 4.35. The standard InChI is InChI=1S/C15H12N2O3S/c18-14(8-11-6-7-21-10-11)19-9-13-16-15(17-20-13)12-4-2-1-3-5-12/h1-7,10H,8-9H2. The highest BCUT2D eigenvalue weighted by molar-refractivity contribution is 7.07. The Morgan fingerprint density at radius 1 is 1.24 bits per heavy atom. The second-order valence-corrected chi connectivity index (χ2v) is 5.13. The van der Waals surface area contributed by atoms with Crippen LogP contribution in [0.25, 0.3) is 11.4 Å². The van der Waals surface area contributed by atoms with Crippen molar-refractivity contribution in [1.29, 1.82) is 0 Å². The van der Waals surface area contributed by atoms with E-state index in [1.165, 1.54) is 0 Å². The highest BCUT2D eigenvalue weighted by Gasteiger charge is 2.11. The number of hydrogen-bond donors (Lipinski definition) is 0. The van der Waals surface area contributed by atoms with Gasteiger partial charge in [0.1, 0.15) is 0 Å². The third-order valence-corrected chi connectivity index (χ3v) is 3.52. The zero-order valence-corrected chi connectivity index (χ0v) is 11.9. The molecule has 0 radical (unpaired) electrons. The van der Waals surface area contributed by atoms with Crippen LogP contribution < -0.4 is 0 Å². The van der Waals surface area contributed by atoms with Crippen LogP contribution in [0, 0.1) is 0 Å². The lowest BCUT2D eigenvalue weighted by atomic mass is 10.2. The SMILES string of the molecule is O=C(Cc1ccsc1)OCc1nc(-c2ccccc2)no1. The van der Waals surface area contributed by atoms with Gasteiger partial charge in [-0.3, -0.25) is 4.79 Å². The first-order chi connectivity index (χ1) is 10.3. The predicted molar refractivity (Wildman–Crippen MR) is 77.6 cm³/mol. The number of aromatic nitrogens is 2. The number of rotatable bonds is 5. The Bertz CT molecular complexity index is 708. The summed E-state index contributed by atoms with van der Waals surface area (Å²) in [5.74, 6) is 0.458. The Kier molecular flexibility index (Phi) is 4.07. The van der Waals surface area contributed by atoms with Crippen LogP contribution in [-0.4, -0.2) is 16.1 Å². The second kappa shape index (κ2) is 6.32. The zero-order valence-electron chi connectivity index (χ0n) is 11.1. The van der Waals surface area contributed by atoms with Gasteiger partial charge < -0.3 is 9.26 Å². The van der Waals surface area contributed by atoms with Crippen LogP contribution in [-0.2, 0) is 22.6 Å². The average Bonchev–Trinajstić information content (AvgIpc) is 3.17. The Morgan fingerprint density at radius 2 is 2.10 bits per heavy atom. The molecule has 0 aliphatic rings. The minimum atomic E-state index is -0.312. The Hall–Kier alpha value is -2.47. The van der Waals surface area contributed by atoms with Gasteiger partial charge in [-0.25, -0.2) is 0 Å². The fourth-order valence-electron chi connectivity index (χ4n) is 1.77. The molecule has 106 valence electrons. The first-order valence-electron chi connectivity index (χ1n) is 6.36. The maximum atomic E-state index is 11.7. The Balaban J connectivity index is 1.56. The molecule has 0 aliphatic carbocycles. The van der Waals surface area contributed by atoms with Crippen LogP contribution in [0.2, 0.25) is 0 Å². The molecular formula is C15H12N2O3S. The van der Waals surface area contributed by atoms with Crippen molar-refractivity contribution in [2.24, 2.45) is 0 Å². The van der Waals surface area contributed by atoms with Gasteiger partial charge in [-0.1, -0.05) is 35.5 Å². The molecule has 0 unspecified atom stereocenters. The summed E-state index contributed by atoms with van der Waals surface area (Å²) in [5.41, 5.74) is 1.80. The highest BCUT2D eigenvalue weighted by atomic mass is 32.1. The van der Waals surface area contributed by atoms with Gasteiger partial charge in [0.25, 0.3) is 5.89 Å². The normalized spacial score (nSPS) is 10.5. The molecule has 2 aromatic heterocycles. The van der Waals surface area contributed by atoms with Crippen LogP contribution in [0.15, 0.2) is 51.7 Å². The molecule has 0 spiro atoms. The number of thiophene rings is 1. The Labute approximate surface area is 125 Å². The molecule has 0 bridgehead atoms. The summed E-state index contributed by atoms with van der Waals surface area (Å²) in [5, 5.41) is 7.71. The molecule has 21 heavy (non-hydrogen) atoms. The third kappa shape index (κ3) is 3.55. The van der Waals surface area contributed by atoms with E-state index in [0.29, 0.717) is 5.82 Å². The summed E-state index contributed by atoms with van der Waals surface area (Å²) in [7, 11) is 0. The number of benzene rings is 1. The van der Waals surface area contributed by atoms with Crippen molar-refractivity contribution < 1.29 is 14.1 Å². The molecule has 0 amide bonds. The van der Waals surface area contributed by atoms with Crippen LogP contribution in [0.4, 0.5) is 0 Å². The molecule has 0 N–H and O–H groups in total. The van der Waals surface area contributed by atoms with Crippen LogP contribution in [0.5, 0.6) is 0 Å². The van der Waals surface area contributed by atoms with Gasteiger partial charge in [-0.05, 0) is 22.4 Å². The molecule has 0 saturated heterocycles. The number of nitrogens with zero attached hydrogens (tertiary/aromatic N) is 2. The third-order valence-electron chi connectivity index (χ3n) is 2.79. The van der Waals surface area contributed by atoms with Crippen LogP contribution >= 0.6 is 11.3 Å². The fraction of sp³-hybridized carbons (Fsp3) is 0.133. The highest BCUT2D eigenvalue weighted by Crippen LogP contribution is 2.15. The molecule has 0 saturated carbocycles. The van der Waals surface area contributed by atoms with Crippen molar-refractivity contribution >= 4 is 17.3 Å². The van der Waals surface area contributed by atoms with Gasteiger partial charge in [0.05, 0.1) is 6.42 Å². The predicted octanol–water partition coefficient (Wildman–Crippen LogP) is 3.08. The van der Waals surface area contributed by atoms with E-state index in [1.807, 2.05) is 47.2 Å². The monoisotopic (exact) mass is 300 g/mol. The molecule has 0 aliphatic heterocycles. The van der Waals surface area contributed by atoms with E-state index >= 15 is 0 Å². The lowest BCUT2D eigenvalue weighted by Gasteiger charge is -1.99. The van der Waals surface area contributed by atoms with Gasteiger partial charge in [0.2, 0.25) is 5.82 Å². The van der Waals surface area contributed by atoms with Gasteiger partial charge in [-0.2, -0.15) is 16.3 Å². The lowest BCUT2D eigenvalue weighted by molar-refractivity contribution is -0.144. The van der Waals surface area contributed by atoms with Crippen molar-refractivity contribution in [3.63, 3.8) is 0 Å². The van der Waals surface area contributed by atoms with E-state index in [4.69, 9.17) is 9.26 Å². The minimum absolute atomic E-state index is 0.0111. The molecule has 6 heteroatoms. The minimum Gasteiger partial charge on any atom is -0.455 e. The van der Waals surface area contributed by atoms with Gasteiger partial charge in [0, 0.05) is 5.56 Å². The maximum Gasteiger partial charge on any atom is 0.310 e. The van der Waals surface area contributed by atoms with E-state index < -0.39 is 0 Å². The van der Waals surface area contributed by atoms with E-state index in [0.717, 1.165) is 11.1 Å². The van der Waals surface area contributed by atoms with Crippen molar-refractivity contribution in [3.05, 3.63) is 58.6 Å². The average molecular weight is 300 g/mol. The molecular weight excluding hydrogens is 288 g/mol. The summed E-state index contributed by atoms with van der Waals surface area (Å²) in [6.07, 6.45) is 0.253. The van der Waals surface area contributed by atoms with Crippen molar-refractivity contribution in [2.75, 3.05) is 0 Å². The topological polar surface area (TPSA) is 65.2 Å². The van der Waals surface area contributed by atoms with Crippen LogP contribution in [0.3, 0.4) is 0 Å². The number of esters is 1. The Morgan fingerprint density at radius 3 is 2.86 bits per heavy atom. The smallest absolute Gasteiger partial charge is 0.310 e. The number of carbonyl (C=O) groups is 1. The van der Waals surface area contributed by atoms with E-state index in [-0.39, 0.29) is 24.9 Å². The fourth-order valence-corrected chi connectivity index (χ4v) is 2.44. The van der Waals surface area contributed by atoms with Gasteiger partial charge in [-0.15, -0.1) is 0 Å². The van der Waals surface area contributed by atoms with Crippen molar-refractivity contribution in [1.82, 2.24) is 10.1 Å². The summed E-state index contributed by atoms with van der Waals surface area (Å²) >= 11 is 1.55. The largest absolute Gasteiger partial charge is 0.455 e. The number of carbonyl (C=O) groups excluding carboxylic acids is 1. The molecule has 3 rings (SSSR count). The molecule has 0 fully saturated rings. The first-order valence-corrected chi connectivity index (χ1v) is 7.30. The van der Waals surface area contributed by atoms with Crippen LogP contribution in [0.1, 0.15) is 11.5 Å². The van der Waals surface area contributed by atoms with Gasteiger partial charge in [0.15, 0.2) is 6.61 Å². The van der Waals surface area contributed by atoms with E-state index in [9.17, 15) is 4.79 Å². The number of ether oxygens (including phenoxy) is 1. The summed E-state index contributed by atoms with van der Waals surface area (Å²) in [6.45, 7) is -0.0111. The quantitative estimate of drug-likeness (QED) is 0.677. The summed E-state index contributed by atoms with van der Waals surface area (Å²) < 4.78 is 10.2. The van der Waals surface area contributed by atoms with Gasteiger partial charge >= 0.3 is 5.97 Å². The molecule has 3 aromatic rings. The van der Waals surface area contributed by atoms with Crippen molar-refractivity contribution in [2.45, 2.75) is 13.0 Å². The first kappa shape index (κ1) is 13.5. The lowest BCUT2D eigenvalue weighted by Crippen LogP contribution is -2.07. The van der Waals surface area contributed by atoms with E-state index in [2.05, 4.69) is 10.1 Å². The maximum absolute atomic E-state index is 11.7. The zero-order chi connectivity index (χ0) is 14.5. The van der Waals surface area contributed by atoms with E-state index in [1.54, 1.807) is 11.3 Å². The molecule has 0 atom stereocenters. The molecule has 2 heterocycles. The summed E-state index contributed by atoms with van der Waals surface area (Å²) in [6, 6.07) is 11.4. The number of hydrogen-bond acceptors (Lipinski definition) is 6.